The molecule has 5 rings (SSSR count). The van der Waals surface area contributed by atoms with Crippen LogP contribution in [0.3, 0.4) is 0 Å². The van der Waals surface area contributed by atoms with Crippen molar-refractivity contribution in [2.24, 2.45) is 5.92 Å². The summed E-state index contributed by atoms with van der Waals surface area (Å²) in [5.74, 6) is -0.263. The van der Waals surface area contributed by atoms with Crippen molar-refractivity contribution < 1.29 is 14.4 Å². The molecule has 1 unspecified atom stereocenters. The Hall–Kier alpha value is -2.83. The number of fused-ring (bicyclic) bond motifs is 3. The Labute approximate surface area is 156 Å². The van der Waals surface area contributed by atoms with Crippen LogP contribution < -0.4 is 5.32 Å². The number of carbonyl (C=O) groups is 3. The third-order valence-corrected chi connectivity index (χ3v) is 6.22. The largest absolute Gasteiger partial charge is 0.358 e. The number of aromatic nitrogens is 1. The Bertz CT molecular complexity index is 977. The lowest BCUT2D eigenvalue weighted by Crippen LogP contribution is -2.47. The number of benzene rings is 1. The van der Waals surface area contributed by atoms with E-state index in [0.29, 0.717) is 13.1 Å². The van der Waals surface area contributed by atoms with Crippen LogP contribution in [-0.4, -0.2) is 51.3 Å². The molecule has 7 nitrogen and oxygen atoms in total. The monoisotopic (exact) mass is 366 g/mol. The topological polar surface area (TPSA) is 85.5 Å². The van der Waals surface area contributed by atoms with E-state index in [9.17, 15) is 14.4 Å². The zero-order valence-corrected chi connectivity index (χ0v) is 15.2. The Morgan fingerprint density at radius 3 is 2.81 bits per heavy atom. The van der Waals surface area contributed by atoms with E-state index in [-0.39, 0.29) is 24.3 Å². The Kier molecular flexibility index (Phi) is 3.38. The number of hydrogen-bond acceptors (Lipinski definition) is 3. The first-order valence-corrected chi connectivity index (χ1v) is 9.48. The molecule has 1 saturated heterocycles. The number of carbonyl (C=O) groups excluding carboxylic acids is 3. The molecule has 1 aliphatic carbocycles. The molecule has 1 atom stereocenters. The number of rotatable bonds is 3. The average molecular weight is 366 g/mol. The van der Waals surface area contributed by atoms with E-state index in [1.807, 2.05) is 18.2 Å². The SMILES string of the molecule is CC1(C2CC2)NC(=O)N(CC(=O)N2CCc3[nH]c4ccccc4c3C2)C1=O. The van der Waals surface area contributed by atoms with Gasteiger partial charge in [-0.25, -0.2) is 4.79 Å². The van der Waals surface area contributed by atoms with Crippen molar-refractivity contribution >= 4 is 28.7 Å². The maximum atomic E-state index is 12.9. The molecule has 1 aromatic carbocycles. The van der Waals surface area contributed by atoms with Gasteiger partial charge in [0.15, 0.2) is 0 Å². The van der Waals surface area contributed by atoms with Crippen molar-refractivity contribution in [1.82, 2.24) is 20.1 Å². The average Bonchev–Trinajstić information content (AvgIpc) is 3.42. The number of imide groups is 1. The normalized spacial score (nSPS) is 25.1. The van der Waals surface area contributed by atoms with Crippen LogP contribution in [0.15, 0.2) is 24.3 Å². The van der Waals surface area contributed by atoms with Gasteiger partial charge in [0, 0.05) is 41.7 Å². The standard InChI is InChI=1S/C20H22N4O3/c1-20(12-6-7-12)18(26)24(19(27)22-20)11-17(25)23-9-8-16-14(10-23)13-4-2-3-5-15(13)21-16/h2-5,12,21H,6-11H2,1H3,(H,22,27). The summed E-state index contributed by atoms with van der Waals surface area (Å²) < 4.78 is 0. The highest BCUT2D eigenvalue weighted by Crippen LogP contribution is 2.42. The highest BCUT2D eigenvalue weighted by atomic mass is 16.2. The minimum atomic E-state index is -0.844. The molecule has 0 spiro atoms. The summed E-state index contributed by atoms with van der Waals surface area (Å²) in [4.78, 5) is 44.1. The second-order valence-corrected chi connectivity index (χ2v) is 7.99. The van der Waals surface area contributed by atoms with Gasteiger partial charge in [0.25, 0.3) is 5.91 Å². The predicted molar refractivity (Wildman–Crippen MR) is 98.8 cm³/mol. The summed E-state index contributed by atoms with van der Waals surface area (Å²) in [6, 6.07) is 7.61. The second kappa shape index (κ2) is 5.58. The van der Waals surface area contributed by atoms with E-state index in [0.717, 1.165) is 46.3 Å². The zero-order chi connectivity index (χ0) is 18.8. The minimum Gasteiger partial charge on any atom is -0.358 e. The maximum absolute atomic E-state index is 12.9. The number of nitrogens with one attached hydrogen (secondary N) is 2. The maximum Gasteiger partial charge on any atom is 0.325 e. The molecule has 1 saturated carbocycles. The van der Waals surface area contributed by atoms with Crippen LogP contribution in [0.5, 0.6) is 0 Å². The molecule has 2 N–H and O–H groups in total. The zero-order valence-electron chi connectivity index (χ0n) is 15.2. The van der Waals surface area contributed by atoms with Crippen LogP contribution in [0, 0.1) is 5.92 Å². The van der Waals surface area contributed by atoms with Gasteiger partial charge in [-0.3, -0.25) is 14.5 Å². The van der Waals surface area contributed by atoms with E-state index < -0.39 is 11.6 Å². The molecule has 0 bridgehead atoms. The van der Waals surface area contributed by atoms with Crippen LogP contribution in [0.4, 0.5) is 4.79 Å². The molecule has 2 aromatic rings. The predicted octanol–water partition coefficient (Wildman–Crippen LogP) is 1.77. The van der Waals surface area contributed by atoms with E-state index in [1.54, 1.807) is 11.8 Å². The third kappa shape index (κ3) is 2.44. The molecule has 3 heterocycles. The number of para-hydroxylation sites is 1. The van der Waals surface area contributed by atoms with E-state index in [4.69, 9.17) is 0 Å². The molecule has 0 radical (unpaired) electrons. The highest BCUT2D eigenvalue weighted by molar-refractivity contribution is 6.09. The van der Waals surface area contributed by atoms with Gasteiger partial charge in [-0.2, -0.15) is 0 Å². The first kappa shape index (κ1) is 16.4. The minimum absolute atomic E-state index is 0.186. The third-order valence-electron chi connectivity index (χ3n) is 6.22. The molecule has 1 aromatic heterocycles. The van der Waals surface area contributed by atoms with Crippen molar-refractivity contribution in [3.8, 4) is 0 Å². The summed E-state index contributed by atoms with van der Waals surface area (Å²) in [5, 5.41) is 3.92. The summed E-state index contributed by atoms with van der Waals surface area (Å²) >= 11 is 0. The summed E-state index contributed by atoms with van der Waals surface area (Å²) in [6.45, 7) is 2.67. The smallest absolute Gasteiger partial charge is 0.325 e. The Morgan fingerprint density at radius 2 is 2.04 bits per heavy atom. The van der Waals surface area contributed by atoms with Crippen LogP contribution in [0.2, 0.25) is 0 Å². The van der Waals surface area contributed by atoms with Gasteiger partial charge in [-0.05, 0) is 31.7 Å². The molecule has 3 aliphatic rings. The number of aromatic amines is 1. The number of nitrogens with zero attached hydrogens (tertiary/aromatic N) is 2. The van der Waals surface area contributed by atoms with Crippen molar-refractivity contribution in [3.05, 3.63) is 35.5 Å². The lowest BCUT2D eigenvalue weighted by molar-refractivity contribution is -0.139. The van der Waals surface area contributed by atoms with Gasteiger partial charge in [-0.15, -0.1) is 0 Å². The number of amides is 4. The highest BCUT2D eigenvalue weighted by Gasteiger charge is 2.56. The molecule has 2 fully saturated rings. The van der Waals surface area contributed by atoms with Crippen LogP contribution >= 0.6 is 0 Å². The van der Waals surface area contributed by atoms with E-state index in [2.05, 4.69) is 16.4 Å². The van der Waals surface area contributed by atoms with E-state index >= 15 is 0 Å². The van der Waals surface area contributed by atoms with Crippen LogP contribution in [0.25, 0.3) is 10.9 Å². The summed E-state index contributed by atoms with van der Waals surface area (Å²) in [7, 11) is 0. The molecule has 7 heteroatoms. The van der Waals surface area contributed by atoms with Crippen molar-refractivity contribution in [1.29, 1.82) is 0 Å². The molecule has 27 heavy (non-hydrogen) atoms. The number of H-pyrrole nitrogens is 1. The lowest BCUT2D eigenvalue weighted by atomic mass is 9.96. The second-order valence-electron chi connectivity index (χ2n) is 7.99. The molecular formula is C20H22N4O3. The Morgan fingerprint density at radius 1 is 1.26 bits per heavy atom. The van der Waals surface area contributed by atoms with Gasteiger partial charge < -0.3 is 15.2 Å². The molecule has 140 valence electrons. The molecular weight excluding hydrogens is 344 g/mol. The number of hydrogen-bond donors (Lipinski definition) is 2. The van der Waals surface area contributed by atoms with Crippen LogP contribution in [0.1, 0.15) is 31.0 Å². The molecule has 4 amide bonds. The van der Waals surface area contributed by atoms with Gasteiger partial charge >= 0.3 is 6.03 Å². The van der Waals surface area contributed by atoms with Gasteiger partial charge in [0.1, 0.15) is 12.1 Å². The fourth-order valence-corrected chi connectivity index (χ4v) is 4.41. The van der Waals surface area contributed by atoms with Crippen molar-refractivity contribution in [3.63, 3.8) is 0 Å². The van der Waals surface area contributed by atoms with Crippen molar-refractivity contribution in [2.45, 2.75) is 38.3 Å². The van der Waals surface area contributed by atoms with Gasteiger partial charge in [-0.1, -0.05) is 18.2 Å². The first-order chi connectivity index (χ1) is 13.0. The van der Waals surface area contributed by atoms with Gasteiger partial charge in [0.2, 0.25) is 5.91 Å². The van der Waals surface area contributed by atoms with Crippen LogP contribution in [-0.2, 0) is 22.6 Å². The fourth-order valence-electron chi connectivity index (χ4n) is 4.41. The summed E-state index contributed by atoms with van der Waals surface area (Å²) in [6.07, 6.45) is 2.63. The molecule has 2 aliphatic heterocycles. The Balaban J connectivity index is 1.33. The van der Waals surface area contributed by atoms with Gasteiger partial charge in [0.05, 0.1) is 0 Å². The van der Waals surface area contributed by atoms with Crippen molar-refractivity contribution in [2.75, 3.05) is 13.1 Å². The van der Waals surface area contributed by atoms with E-state index in [1.165, 1.54) is 0 Å². The summed E-state index contributed by atoms with van der Waals surface area (Å²) in [5.41, 5.74) is 2.52. The fraction of sp³-hybridized carbons (Fsp3) is 0.450. The quantitative estimate of drug-likeness (QED) is 0.812. The lowest BCUT2D eigenvalue weighted by Gasteiger charge is -2.28. The number of urea groups is 1. The first-order valence-electron chi connectivity index (χ1n) is 9.48.